The summed E-state index contributed by atoms with van der Waals surface area (Å²) in [5.74, 6) is -0.745. The van der Waals surface area contributed by atoms with E-state index in [1.54, 1.807) is 18.2 Å². The lowest BCUT2D eigenvalue weighted by atomic mass is 10.00. The van der Waals surface area contributed by atoms with Crippen molar-refractivity contribution in [3.8, 4) is 0 Å². The maximum atomic E-state index is 12.8. The summed E-state index contributed by atoms with van der Waals surface area (Å²) in [6.07, 6.45) is 22.7. The number of allylic oxidation sites excluding steroid dienone is 6. The third-order valence-corrected chi connectivity index (χ3v) is 13.1. The normalized spacial score (nSPS) is 21.1. The summed E-state index contributed by atoms with van der Waals surface area (Å²) in [5, 5.41) is 31.0. The van der Waals surface area contributed by atoms with Crippen LogP contribution >= 0.6 is 15.6 Å². The van der Waals surface area contributed by atoms with Crippen molar-refractivity contribution in [3.05, 3.63) is 71.4 Å². The Balaban J connectivity index is 1.87. The summed E-state index contributed by atoms with van der Waals surface area (Å²) < 4.78 is 56.4. The molecule has 1 aromatic heterocycles. The number of hydrogen-bond donors (Lipinski definition) is 6. The van der Waals surface area contributed by atoms with E-state index >= 15 is 0 Å². The summed E-state index contributed by atoms with van der Waals surface area (Å²) in [5.41, 5.74) is 4.56. The van der Waals surface area contributed by atoms with Gasteiger partial charge in [-0.15, -0.1) is 0 Å². The maximum absolute atomic E-state index is 12.8. The Morgan fingerprint density at radius 2 is 1.55 bits per heavy atom. The number of carbonyl (C=O) groups excluding carboxylic acids is 2. The monoisotopic (exact) mass is 975 g/mol. The van der Waals surface area contributed by atoms with E-state index in [-0.39, 0.29) is 18.7 Å². The van der Waals surface area contributed by atoms with Gasteiger partial charge in [0.1, 0.15) is 30.7 Å². The molecular formula is C45H75N3O16P2. The Morgan fingerprint density at radius 1 is 0.864 bits per heavy atom. The van der Waals surface area contributed by atoms with E-state index in [4.69, 9.17) is 29.0 Å². The number of nitrogen functional groups attached to an aromatic ring is 1. The van der Waals surface area contributed by atoms with Gasteiger partial charge in [-0.3, -0.25) is 23.2 Å². The largest absolute Gasteiger partial charge is 0.481 e. The molecule has 0 bridgehead atoms. The van der Waals surface area contributed by atoms with Gasteiger partial charge in [0.2, 0.25) is 0 Å². The number of esters is 2. The zero-order valence-electron chi connectivity index (χ0n) is 38.8. The lowest BCUT2D eigenvalue weighted by Crippen LogP contribution is -2.36. The number of unbranched alkanes of at least 4 members (excludes halogenated alkanes) is 9. The van der Waals surface area contributed by atoms with Gasteiger partial charge in [0.05, 0.1) is 19.3 Å². The minimum Gasteiger partial charge on any atom is -0.462 e. The highest BCUT2D eigenvalue weighted by Crippen LogP contribution is 2.60. The molecule has 0 amide bonds. The van der Waals surface area contributed by atoms with Crippen LogP contribution in [0.4, 0.5) is 5.82 Å². The first-order valence-electron chi connectivity index (χ1n) is 23.2. The number of phosphoric acid groups is 2. The summed E-state index contributed by atoms with van der Waals surface area (Å²) in [6, 6.07) is 1.24. The number of phosphoric ester groups is 2. The molecular weight excluding hydrogens is 900 g/mol. The quantitative estimate of drug-likeness (QED) is 0.0125. The lowest BCUT2D eigenvalue weighted by molar-refractivity contribution is -0.161. The van der Waals surface area contributed by atoms with Gasteiger partial charge in [-0.1, -0.05) is 127 Å². The highest BCUT2D eigenvalue weighted by Gasteiger charge is 2.46. The average molecular weight is 976 g/mol. The van der Waals surface area contributed by atoms with E-state index in [2.05, 4.69) is 42.2 Å². The topological polar surface area (TPSA) is 286 Å². The molecule has 2 rings (SSSR count). The van der Waals surface area contributed by atoms with Crippen molar-refractivity contribution in [3.63, 3.8) is 0 Å². The molecule has 1 fully saturated rings. The predicted molar refractivity (Wildman–Crippen MR) is 248 cm³/mol. The third-order valence-electron chi connectivity index (χ3n) is 10.5. The molecule has 0 spiro atoms. The maximum Gasteiger partial charge on any atom is 0.481 e. The number of carbonyl (C=O) groups is 2. The van der Waals surface area contributed by atoms with Crippen LogP contribution < -0.4 is 11.4 Å². The van der Waals surface area contributed by atoms with Crippen molar-refractivity contribution in [1.82, 2.24) is 9.55 Å². The smallest absolute Gasteiger partial charge is 0.462 e. The minimum absolute atomic E-state index is 0.00910. The Morgan fingerprint density at radius 3 is 2.27 bits per heavy atom. The zero-order valence-corrected chi connectivity index (χ0v) is 40.5. The first-order chi connectivity index (χ1) is 31.5. The number of nitrogens with two attached hydrogens (primary N) is 1. The molecule has 0 aromatic carbocycles. The fourth-order valence-electron chi connectivity index (χ4n) is 6.48. The van der Waals surface area contributed by atoms with Crippen molar-refractivity contribution in [1.29, 1.82) is 0 Å². The lowest BCUT2D eigenvalue weighted by Gasteiger charge is -2.21. The fraction of sp³-hybridized carbons (Fsp3) is 0.689. The number of anilines is 1. The second kappa shape index (κ2) is 33.2. The molecule has 0 saturated carbocycles. The molecule has 1 saturated heterocycles. The average Bonchev–Trinajstić information content (AvgIpc) is 3.54. The van der Waals surface area contributed by atoms with Gasteiger partial charge >= 0.3 is 33.3 Å². The van der Waals surface area contributed by atoms with Crippen molar-refractivity contribution in [2.24, 2.45) is 5.92 Å². The molecule has 1 aliphatic rings. The van der Waals surface area contributed by atoms with Gasteiger partial charge in [0.25, 0.3) is 0 Å². The Bertz CT molecular complexity index is 1820. The first kappa shape index (κ1) is 58.8. The van der Waals surface area contributed by atoms with Crippen LogP contribution in [0, 0.1) is 5.92 Å². The highest BCUT2D eigenvalue weighted by atomic mass is 31.3. The van der Waals surface area contributed by atoms with Crippen molar-refractivity contribution >= 4 is 33.4 Å². The molecule has 0 aliphatic carbocycles. The molecule has 66 heavy (non-hydrogen) atoms. The molecule has 0 radical (unpaired) electrons. The van der Waals surface area contributed by atoms with Crippen LogP contribution in [0.25, 0.3) is 0 Å². The van der Waals surface area contributed by atoms with Crippen LogP contribution in [0.2, 0.25) is 0 Å². The molecule has 9 atom stereocenters. The van der Waals surface area contributed by atoms with Gasteiger partial charge in [-0.25, -0.2) is 13.9 Å². The summed E-state index contributed by atoms with van der Waals surface area (Å²) >= 11 is 0. The molecule has 21 heteroatoms. The molecule has 1 aromatic rings. The second-order valence-corrected chi connectivity index (χ2v) is 19.4. The number of rotatable bonds is 36. The second-order valence-electron chi connectivity index (χ2n) is 16.3. The van der Waals surface area contributed by atoms with Gasteiger partial charge < -0.3 is 45.1 Å². The SMILES string of the molecule is CCCCC/C=C\C/C=C\CC(O)/C=C\C=C\CCCC(=O)OC[C@H](COP(=O)(O)OP(=O)(O)OC[C@H]1O[C@@H](n2ccc(N)nc2=O)[C@H](O)[C@@H]1O)OC(=O)CCCCCCCCC(C)CC. The summed E-state index contributed by atoms with van der Waals surface area (Å²) in [4.78, 5) is 61.6. The van der Waals surface area contributed by atoms with Crippen LogP contribution in [0.1, 0.15) is 143 Å². The van der Waals surface area contributed by atoms with E-state index < -0.39 is 89.8 Å². The molecule has 7 N–H and O–H groups in total. The van der Waals surface area contributed by atoms with Gasteiger partial charge in [0.15, 0.2) is 12.3 Å². The highest BCUT2D eigenvalue weighted by molar-refractivity contribution is 7.61. The van der Waals surface area contributed by atoms with Crippen LogP contribution in [0.15, 0.2) is 65.7 Å². The van der Waals surface area contributed by atoms with E-state index in [1.807, 2.05) is 18.2 Å². The van der Waals surface area contributed by atoms with Crippen LogP contribution in [-0.2, 0) is 46.3 Å². The van der Waals surface area contributed by atoms with Crippen LogP contribution in [-0.4, -0.2) is 96.9 Å². The van der Waals surface area contributed by atoms with E-state index in [9.17, 15) is 48.6 Å². The van der Waals surface area contributed by atoms with Gasteiger partial charge in [-0.05, 0) is 56.9 Å². The fourth-order valence-corrected chi connectivity index (χ4v) is 8.59. The molecule has 2 heterocycles. The van der Waals surface area contributed by atoms with Gasteiger partial charge in [-0.2, -0.15) is 9.29 Å². The number of nitrogens with zero attached hydrogens (tertiary/aromatic N) is 2. The number of aromatic nitrogens is 2. The summed E-state index contributed by atoms with van der Waals surface area (Å²) in [7, 11) is -10.9. The standard InChI is InChI=1S/C45H75N3O16P2/c1-4-6-7-8-9-10-11-16-21-26-36(49)27-22-17-14-19-23-28-40(50)59-32-37(62-41(51)29-24-18-13-12-15-20-25-35(3)5-2)33-60-65(55,56)64-66(57,58)61-34-38-42(52)43(53)44(63-38)48-31-30-39(46)47-45(48)54/h9-10,14,16-17,21-22,27,30-31,35-38,42-44,49,52-53H,4-8,11-13,15,18-20,23-26,28-29,32-34H2,1-3H3,(H,55,56)(H,57,58)(H2,46,47,54)/b10-9-,17-14+,21-16-,27-22-/t35?,36?,37-,38-,42-,43-,44-/m1/s1. The predicted octanol–water partition coefficient (Wildman–Crippen LogP) is 7.43. The first-order valence-corrected chi connectivity index (χ1v) is 26.1. The Kier molecular flexibility index (Phi) is 29.6. The number of aliphatic hydroxyl groups excluding tert-OH is 3. The number of ether oxygens (including phenoxy) is 3. The number of aliphatic hydroxyl groups is 3. The van der Waals surface area contributed by atoms with Crippen molar-refractivity contribution in [2.45, 2.75) is 173 Å². The minimum atomic E-state index is -5.44. The van der Waals surface area contributed by atoms with Crippen molar-refractivity contribution in [2.75, 3.05) is 25.6 Å². The molecule has 19 nitrogen and oxygen atoms in total. The third kappa shape index (κ3) is 26.3. The molecule has 376 valence electrons. The Hall–Kier alpha value is -3.32. The van der Waals surface area contributed by atoms with Crippen molar-refractivity contribution < 1.29 is 71.4 Å². The van der Waals surface area contributed by atoms with E-state index in [0.717, 1.165) is 62.1 Å². The molecule has 1 aliphatic heterocycles. The summed E-state index contributed by atoms with van der Waals surface area (Å²) in [6.45, 7) is 4.17. The van der Waals surface area contributed by atoms with Crippen LogP contribution in [0.5, 0.6) is 0 Å². The van der Waals surface area contributed by atoms with E-state index in [1.165, 1.54) is 31.7 Å². The van der Waals surface area contributed by atoms with Crippen LogP contribution in [0.3, 0.4) is 0 Å². The molecule has 4 unspecified atom stereocenters. The number of hydrogen-bond acceptors (Lipinski definition) is 16. The van der Waals surface area contributed by atoms with E-state index in [0.29, 0.717) is 31.6 Å². The Labute approximate surface area is 389 Å². The zero-order chi connectivity index (χ0) is 48.8. The van der Waals surface area contributed by atoms with Gasteiger partial charge in [0, 0.05) is 19.0 Å².